The number of H-pyrrole nitrogens is 2. The van der Waals surface area contributed by atoms with Gasteiger partial charge in [-0.3, -0.25) is 9.59 Å². The van der Waals surface area contributed by atoms with Crippen molar-refractivity contribution in [1.82, 2.24) is 29.7 Å². The Kier molecular flexibility index (Phi) is 6.95. The molecule has 3 atom stereocenters. The molecule has 2 amide bonds. The van der Waals surface area contributed by atoms with Crippen molar-refractivity contribution < 1.29 is 14.3 Å². The largest absolute Gasteiger partial charge is 0.368 e. The third-order valence-electron chi connectivity index (χ3n) is 8.75. The zero-order chi connectivity index (χ0) is 28.8. The van der Waals surface area contributed by atoms with Crippen molar-refractivity contribution in [3.63, 3.8) is 0 Å². The number of likely N-dealkylation sites (tertiary alicyclic amines) is 2. The lowest BCUT2D eigenvalue weighted by Gasteiger charge is -2.25. The van der Waals surface area contributed by atoms with Gasteiger partial charge in [0.1, 0.15) is 17.8 Å². The summed E-state index contributed by atoms with van der Waals surface area (Å²) in [4.78, 5) is 46.2. The van der Waals surface area contributed by atoms with Crippen LogP contribution in [0.25, 0.3) is 22.1 Å². The van der Waals surface area contributed by atoms with Crippen LogP contribution >= 0.6 is 0 Å². The molecule has 3 aliphatic heterocycles. The molecule has 0 saturated carbocycles. The Balaban J connectivity index is 1.09. The minimum absolute atomic E-state index is 0.00154. The topological polar surface area (TPSA) is 107 Å². The Hall–Kier alpha value is -4.16. The van der Waals surface area contributed by atoms with Crippen molar-refractivity contribution in [2.75, 3.05) is 19.7 Å². The van der Waals surface area contributed by atoms with E-state index in [0.717, 1.165) is 96.5 Å². The summed E-state index contributed by atoms with van der Waals surface area (Å²) in [5.41, 5.74) is 5.36. The first-order valence-electron chi connectivity index (χ1n) is 15.2. The standard InChI is InChI=1S/C33H36N6O3/c1-20(2)32(40)38-15-3-6-27(38)30-34-23-13-11-21(18-25(23)36-30)9-10-22-12-14-24-26(19-22)37-31(35-24)28-7-4-16-39(28)33(41)29-8-5-17-42-29/h11-14,18-20,27-29H,3-8,15-17H2,1-2H3,(H,34,36)(H,35,37)/t27-,28?,29-/m0/s1. The fourth-order valence-corrected chi connectivity index (χ4v) is 6.59. The van der Waals surface area contributed by atoms with Gasteiger partial charge >= 0.3 is 0 Å². The van der Waals surface area contributed by atoms with Crippen molar-refractivity contribution in [2.45, 2.75) is 70.6 Å². The molecular weight excluding hydrogens is 528 g/mol. The number of ether oxygens (including phenoxy) is 1. The SMILES string of the molecule is CC(C)C(=O)N1CCC[C@H]1c1nc2ccc(C#Cc3ccc4nc(C5CCCN5C(=O)[C@@H]5CCCO5)[nH]c4c3)cc2[nH]1. The molecule has 42 heavy (non-hydrogen) atoms. The lowest BCUT2D eigenvalue weighted by Crippen LogP contribution is -2.38. The number of aromatic amines is 2. The first-order chi connectivity index (χ1) is 20.4. The maximum absolute atomic E-state index is 13.1. The molecule has 3 fully saturated rings. The van der Waals surface area contributed by atoms with E-state index in [1.54, 1.807) is 0 Å². The molecule has 2 aromatic carbocycles. The normalized spacial score (nSPS) is 22.4. The fourth-order valence-electron chi connectivity index (χ4n) is 6.59. The maximum atomic E-state index is 13.1. The van der Waals surface area contributed by atoms with Crippen molar-refractivity contribution >= 4 is 33.9 Å². The molecule has 0 aliphatic carbocycles. The van der Waals surface area contributed by atoms with Crippen LogP contribution in [0.4, 0.5) is 0 Å². The number of amides is 2. The van der Waals surface area contributed by atoms with Gasteiger partial charge in [-0.2, -0.15) is 0 Å². The Labute approximate surface area is 245 Å². The number of carbonyl (C=O) groups excluding carboxylic acids is 2. The summed E-state index contributed by atoms with van der Waals surface area (Å²) in [6.45, 7) is 6.09. The first-order valence-corrected chi connectivity index (χ1v) is 15.2. The van der Waals surface area contributed by atoms with Gasteiger partial charge in [0.05, 0.1) is 34.2 Å². The molecule has 2 aromatic heterocycles. The molecule has 0 bridgehead atoms. The number of aromatic nitrogens is 4. The molecule has 0 radical (unpaired) electrons. The van der Waals surface area contributed by atoms with Crippen LogP contribution in [-0.2, 0) is 14.3 Å². The number of nitrogens with zero attached hydrogens (tertiary/aromatic N) is 4. The molecule has 1 unspecified atom stereocenters. The average Bonchev–Trinajstić information content (AvgIpc) is 3.83. The molecule has 216 valence electrons. The molecule has 3 saturated heterocycles. The lowest BCUT2D eigenvalue weighted by molar-refractivity contribution is -0.142. The lowest BCUT2D eigenvalue weighted by atomic mass is 10.1. The second-order valence-electron chi connectivity index (χ2n) is 12.0. The molecule has 5 heterocycles. The van der Waals surface area contributed by atoms with Crippen LogP contribution in [0.15, 0.2) is 36.4 Å². The van der Waals surface area contributed by atoms with Gasteiger partial charge in [0, 0.05) is 36.7 Å². The highest BCUT2D eigenvalue weighted by atomic mass is 16.5. The highest BCUT2D eigenvalue weighted by Crippen LogP contribution is 2.34. The van der Waals surface area contributed by atoms with Crippen LogP contribution in [0, 0.1) is 17.8 Å². The van der Waals surface area contributed by atoms with E-state index in [4.69, 9.17) is 14.7 Å². The molecule has 9 nitrogen and oxygen atoms in total. The predicted molar refractivity (Wildman–Crippen MR) is 159 cm³/mol. The maximum Gasteiger partial charge on any atom is 0.252 e. The molecule has 9 heteroatoms. The number of benzene rings is 2. The van der Waals surface area contributed by atoms with E-state index in [-0.39, 0.29) is 35.9 Å². The second-order valence-corrected chi connectivity index (χ2v) is 12.0. The van der Waals surface area contributed by atoms with Gasteiger partial charge < -0.3 is 24.5 Å². The highest BCUT2D eigenvalue weighted by Gasteiger charge is 2.37. The van der Waals surface area contributed by atoms with E-state index in [0.29, 0.717) is 6.61 Å². The third-order valence-corrected chi connectivity index (χ3v) is 8.75. The fraction of sp³-hybridized carbons (Fsp3) is 0.455. The number of hydrogen-bond acceptors (Lipinski definition) is 5. The zero-order valence-corrected chi connectivity index (χ0v) is 24.2. The Morgan fingerprint density at radius 3 is 1.95 bits per heavy atom. The van der Waals surface area contributed by atoms with Crippen LogP contribution in [-0.4, -0.2) is 67.4 Å². The summed E-state index contributed by atoms with van der Waals surface area (Å²) in [5, 5.41) is 0. The molecule has 0 spiro atoms. The van der Waals surface area contributed by atoms with Crippen LogP contribution in [0.1, 0.15) is 87.2 Å². The highest BCUT2D eigenvalue weighted by molar-refractivity contribution is 5.83. The van der Waals surface area contributed by atoms with Crippen molar-refractivity contribution in [3.8, 4) is 11.8 Å². The van der Waals surface area contributed by atoms with Crippen LogP contribution < -0.4 is 0 Å². The monoisotopic (exact) mass is 564 g/mol. The van der Waals surface area contributed by atoms with Crippen molar-refractivity contribution in [3.05, 3.63) is 59.2 Å². The van der Waals surface area contributed by atoms with E-state index in [9.17, 15) is 9.59 Å². The Morgan fingerprint density at radius 2 is 1.40 bits per heavy atom. The van der Waals surface area contributed by atoms with E-state index in [1.165, 1.54) is 0 Å². The third kappa shape index (κ3) is 4.94. The Morgan fingerprint density at radius 1 is 0.833 bits per heavy atom. The van der Waals surface area contributed by atoms with Gasteiger partial charge in [-0.1, -0.05) is 25.7 Å². The summed E-state index contributed by atoms with van der Waals surface area (Å²) < 4.78 is 5.66. The van der Waals surface area contributed by atoms with Gasteiger partial charge in [0.25, 0.3) is 5.91 Å². The van der Waals surface area contributed by atoms with Crippen LogP contribution in [0.3, 0.4) is 0 Å². The average molecular weight is 565 g/mol. The van der Waals surface area contributed by atoms with Crippen molar-refractivity contribution in [1.29, 1.82) is 0 Å². The van der Waals surface area contributed by atoms with Gasteiger partial charge in [0.15, 0.2) is 0 Å². The molecule has 4 aromatic rings. The minimum atomic E-state index is -0.309. The summed E-state index contributed by atoms with van der Waals surface area (Å²) in [6, 6.07) is 11.9. The second kappa shape index (κ2) is 10.9. The number of imidazole rings is 2. The van der Waals surface area contributed by atoms with Gasteiger partial charge in [-0.25, -0.2) is 9.97 Å². The summed E-state index contributed by atoms with van der Waals surface area (Å²) in [5.74, 6) is 8.50. The summed E-state index contributed by atoms with van der Waals surface area (Å²) in [6.07, 6.45) is 5.22. The number of nitrogens with one attached hydrogen (secondary N) is 2. The summed E-state index contributed by atoms with van der Waals surface area (Å²) >= 11 is 0. The first kappa shape index (κ1) is 26.7. The number of carbonyl (C=O) groups is 2. The summed E-state index contributed by atoms with van der Waals surface area (Å²) in [7, 11) is 0. The van der Waals surface area contributed by atoms with Crippen LogP contribution in [0.5, 0.6) is 0 Å². The molecular formula is C33H36N6O3. The number of fused-ring (bicyclic) bond motifs is 2. The van der Waals surface area contributed by atoms with Crippen molar-refractivity contribution in [2.24, 2.45) is 5.92 Å². The molecule has 2 N–H and O–H groups in total. The smallest absolute Gasteiger partial charge is 0.252 e. The quantitative estimate of drug-likeness (QED) is 0.339. The van der Waals surface area contributed by atoms with E-state index >= 15 is 0 Å². The van der Waals surface area contributed by atoms with Gasteiger partial charge in [0.2, 0.25) is 5.91 Å². The number of rotatable bonds is 4. The van der Waals surface area contributed by atoms with Crippen LogP contribution in [0.2, 0.25) is 0 Å². The van der Waals surface area contributed by atoms with Gasteiger partial charge in [-0.05, 0) is 74.9 Å². The van der Waals surface area contributed by atoms with E-state index < -0.39 is 0 Å². The van der Waals surface area contributed by atoms with E-state index in [1.807, 2.05) is 60.0 Å². The number of hydrogen-bond donors (Lipinski definition) is 2. The van der Waals surface area contributed by atoms with Gasteiger partial charge in [-0.15, -0.1) is 0 Å². The minimum Gasteiger partial charge on any atom is -0.368 e. The molecule has 7 rings (SSSR count). The Bertz CT molecular complexity index is 1720. The predicted octanol–water partition coefficient (Wildman–Crippen LogP) is 5.00. The molecule has 3 aliphatic rings. The zero-order valence-electron chi connectivity index (χ0n) is 24.2. The van der Waals surface area contributed by atoms with E-state index in [2.05, 4.69) is 21.8 Å².